The van der Waals surface area contributed by atoms with Crippen LogP contribution in [-0.2, 0) is 0 Å². The quantitative estimate of drug-likeness (QED) is 0.808. The zero-order chi connectivity index (χ0) is 16.4. The molecule has 0 aliphatic heterocycles. The van der Waals surface area contributed by atoms with E-state index in [1.165, 1.54) is 0 Å². The maximum Gasteiger partial charge on any atom is 0.252 e. The van der Waals surface area contributed by atoms with Crippen molar-refractivity contribution in [3.8, 4) is 17.3 Å². The predicted molar refractivity (Wildman–Crippen MR) is 87.9 cm³/mol. The number of hydrogen-bond donors (Lipinski definition) is 1. The van der Waals surface area contributed by atoms with Crippen molar-refractivity contribution in [1.82, 2.24) is 14.7 Å². The first kappa shape index (κ1) is 14.8. The lowest BCUT2D eigenvalue weighted by molar-refractivity contribution is 0.0942. The van der Waals surface area contributed by atoms with Crippen molar-refractivity contribution in [2.45, 2.75) is 19.9 Å². The molecule has 1 N–H and O–H groups in total. The molecule has 0 unspecified atom stereocenters. The number of nitriles is 1. The summed E-state index contributed by atoms with van der Waals surface area (Å²) in [6.07, 6.45) is 3.65. The summed E-state index contributed by atoms with van der Waals surface area (Å²) in [5.41, 5.74) is 3.71. The van der Waals surface area contributed by atoms with Crippen molar-refractivity contribution < 1.29 is 4.79 Å². The third kappa shape index (κ3) is 3.06. The molecule has 0 radical (unpaired) electrons. The average Bonchev–Trinajstić information content (AvgIpc) is 2.97. The zero-order valence-corrected chi connectivity index (χ0v) is 12.9. The van der Waals surface area contributed by atoms with Crippen molar-refractivity contribution in [3.63, 3.8) is 0 Å². The maximum atomic E-state index is 12.1. The minimum atomic E-state index is -0.101. The lowest BCUT2D eigenvalue weighted by Crippen LogP contribution is -2.30. The Hall–Kier alpha value is -3.13. The normalized spacial score (nSPS) is 10.7. The van der Waals surface area contributed by atoms with Crippen LogP contribution in [0.5, 0.6) is 0 Å². The van der Waals surface area contributed by atoms with E-state index in [1.54, 1.807) is 24.4 Å². The van der Waals surface area contributed by atoms with Gasteiger partial charge in [-0.15, -0.1) is 0 Å². The SMILES string of the molecule is CC(C)NC(=O)c1ccc2nc(-c3ccc(C#N)cc3)cn2c1. The molecule has 5 nitrogen and oxygen atoms in total. The molecular weight excluding hydrogens is 288 g/mol. The summed E-state index contributed by atoms with van der Waals surface area (Å²) >= 11 is 0. The molecule has 3 aromatic rings. The van der Waals surface area contributed by atoms with Crippen LogP contribution in [0.4, 0.5) is 0 Å². The molecule has 5 heteroatoms. The number of amides is 1. The third-order valence-corrected chi connectivity index (χ3v) is 3.44. The Morgan fingerprint density at radius 1 is 1.17 bits per heavy atom. The number of nitrogens with one attached hydrogen (secondary N) is 1. The van der Waals surface area contributed by atoms with E-state index in [9.17, 15) is 4.79 Å². The van der Waals surface area contributed by atoms with Gasteiger partial charge in [-0.05, 0) is 38.1 Å². The highest BCUT2D eigenvalue weighted by Gasteiger charge is 2.10. The van der Waals surface area contributed by atoms with Gasteiger partial charge in [0.2, 0.25) is 0 Å². The molecule has 0 aliphatic rings. The highest BCUT2D eigenvalue weighted by molar-refractivity contribution is 5.94. The number of fused-ring (bicyclic) bond motifs is 1. The molecule has 23 heavy (non-hydrogen) atoms. The van der Waals surface area contributed by atoms with Gasteiger partial charge in [0, 0.05) is 24.0 Å². The fourth-order valence-electron chi connectivity index (χ4n) is 2.33. The molecule has 0 fully saturated rings. The average molecular weight is 304 g/mol. The van der Waals surface area contributed by atoms with Gasteiger partial charge in [0.25, 0.3) is 5.91 Å². The molecule has 0 saturated heterocycles. The number of aromatic nitrogens is 2. The van der Waals surface area contributed by atoms with Gasteiger partial charge in [0.05, 0.1) is 22.9 Å². The van der Waals surface area contributed by atoms with Crippen LogP contribution in [0.25, 0.3) is 16.9 Å². The fourth-order valence-corrected chi connectivity index (χ4v) is 2.33. The van der Waals surface area contributed by atoms with Gasteiger partial charge in [-0.3, -0.25) is 4.79 Å². The third-order valence-electron chi connectivity index (χ3n) is 3.44. The zero-order valence-electron chi connectivity index (χ0n) is 12.9. The van der Waals surface area contributed by atoms with Gasteiger partial charge < -0.3 is 9.72 Å². The molecule has 3 rings (SSSR count). The van der Waals surface area contributed by atoms with Gasteiger partial charge in [0.1, 0.15) is 5.65 Å². The van der Waals surface area contributed by atoms with Crippen molar-refractivity contribution in [3.05, 3.63) is 59.9 Å². The first-order valence-electron chi connectivity index (χ1n) is 7.37. The molecule has 114 valence electrons. The molecule has 0 saturated carbocycles. The standard InChI is InChI=1S/C18H16N4O/c1-12(2)20-18(23)15-7-8-17-21-16(11-22(17)10-15)14-5-3-13(9-19)4-6-14/h3-8,10-12H,1-2H3,(H,20,23). The van der Waals surface area contributed by atoms with Crippen LogP contribution in [0, 0.1) is 11.3 Å². The van der Waals surface area contributed by atoms with E-state index in [0.29, 0.717) is 11.1 Å². The minimum absolute atomic E-state index is 0.0928. The van der Waals surface area contributed by atoms with Crippen LogP contribution < -0.4 is 5.32 Å². The Labute approximate surface area is 134 Å². The Balaban J connectivity index is 1.95. The van der Waals surface area contributed by atoms with Gasteiger partial charge >= 0.3 is 0 Å². The Kier molecular flexibility index (Phi) is 3.82. The lowest BCUT2D eigenvalue weighted by atomic mass is 10.1. The Morgan fingerprint density at radius 3 is 2.57 bits per heavy atom. The molecule has 1 amide bonds. The molecular formula is C18H16N4O. The van der Waals surface area contributed by atoms with Crippen LogP contribution in [0.1, 0.15) is 29.8 Å². The summed E-state index contributed by atoms with van der Waals surface area (Å²) < 4.78 is 1.84. The summed E-state index contributed by atoms with van der Waals surface area (Å²) in [6, 6.07) is 13.0. The first-order valence-corrected chi connectivity index (χ1v) is 7.37. The number of imidazole rings is 1. The number of benzene rings is 1. The molecule has 2 aromatic heterocycles. The van der Waals surface area contributed by atoms with E-state index in [2.05, 4.69) is 16.4 Å². The van der Waals surface area contributed by atoms with Crippen LogP contribution >= 0.6 is 0 Å². The second-order valence-corrected chi connectivity index (χ2v) is 5.63. The van der Waals surface area contributed by atoms with Crippen molar-refractivity contribution >= 4 is 11.6 Å². The summed E-state index contributed by atoms with van der Waals surface area (Å²) in [6.45, 7) is 3.85. The van der Waals surface area contributed by atoms with E-state index < -0.39 is 0 Å². The maximum absolute atomic E-state index is 12.1. The van der Waals surface area contributed by atoms with E-state index in [1.807, 2.05) is 42.6 Å². The van der Waals surface area contributed by atoms with E-state index in [0.717, 1.165) is 16.9 Å². The molecule has 0 spiro atoms. The van der Waals surface area contributed by atoms with Crippen molar-refractivity contribution in [2.24, 2.45) is 0 Å². The lowest BCUT2D eigenvalue weighted by Gasteiger charge is -2.08. The largest absolute Gasteiger partial charge is 0.350 e. The topological polar surface area (TPSA) is 70.2 Å². The van der Waals surface area contributed by atoms with Gasteiger partial charge in [-0.2, -0.15) is 5.26 Å². The molecule has 0 aliphatic carbocycles. The number of pyridine rings is 1. The number of carbonyl (C=O) groups excluding carboxylic acids is 1. The second-order valence-electron chi connectivity index (χ2n) is 5.63. The van der Waals surface area contributed by atoms with Crippen molar-refractivity contribution in [2.75, 3.05) is 0 Å². The van der Waals surface area contributed by atoms with Crippen LogP contribution in [0.3, 0.4) is 0 Å². The monoisotopic (exact) mass is 304 g/mol. The fraction of sp³-hybridized carbons (Fsp3) is 0.167. The van der Waals surface area contributed by atoms with Crippen molar-refractivity contribution in [1.29, 1.82) is 5.26 Å². The summed E-state index contributed by atoms with van der Waals surface area (Å²) in [4.78, 5) is 16.6. The molecule has 0 atom stereocenters. The Morgan fingerprint density at radius 2 is 1.91 bits per heavy atom. The predicted octanol–water partition coefficient (Wildman–Crippen LogP) is 3.01. The molecule has 2 heterocycles. The van der Waals surface area contributed by atoms with Crippen LogP contribution in [0.15, 0.2) is 48.8 Å². The van der Waals surface area contributed by atoms with Gasteiger partial charge in [-0.1, -0.05) is 12.1 Å². The first-order chi connectivity index (χ1) is 11.1. The van der Waals surface area contributed by atoms with Gasteiger partial charge in [0.15, 0.2) is 0 Å². The highest BCUT2D eigenvalue weighted by atomic mass is 16.1. The number of rotatable bonds is 3. The van der Waals surface area contributed by atoms with E-state index >= 15 is 0 Å². The minimum Gasteiger partial charge on any atom is -0.350 e. The number of carbonyl (C=O) groups is 1. The van der Waals surface area contributed by atoms with E-state index in [4.69, 9.17) is 5.26 Å². The number of nitrogens with zero attached hydrogens (tertiary/aromatic N) is 3. The molecule has 0 bridgehead atoms. The highest BCUT2D eigenvalue weighted by Crippen LogP contribution is 2.20. The van der Waals surface area contributed by atoms with Gasteiger partial charge in [-0.25, -0.2) is 4.98 Å². The molecule has 1 aromatic carbocycles. The summed E-state index contributed by atoms with van der Waals surface area (Å²) in [7, 11) is 0. The second kappa shape index (κ2) is 5.93. The summed E-state index contributed by atoms with van der Waals surface area (Å²) in [5, 5.41) is 11.7. The smallest absolute Gasteiger partial charge is 0.252 e. The Bertz CT molecular complexity index is 901. The van der Waals surface area contributed by atoms with Crippen LogP contribution in [-0.4, -0.2) is 21.3 Å². The number of hydrogen-bond acceptors (Lipinski definition) is 3. The van der Waals surface area contributed by atoms with Crippen LogP contribution in [0.2, 0.25) is 0 Å². The summed E-state index contributed by atoms with van der Waals surface area (Å²) in [5.74, 6) is -0.101. The van der Waals surface area contributed by atoms with E-state index in [-0.39, 0.29) is 11.9 Å².